The summed E-state index contributed by atoms with van der Waals surface area (Å²) >= 11 is 0. The molecule has 0 bridgehead atoms. The lowest BCUT2D eigenvalue weighted by Gasteiger charge is -2.13. The highest BCUT2D eigenvalue weighted by Crippen LogP contribution is 2.39. The van der Waals surface area contributed by atoms with Gasteiger partial charge in [0, 0.05) is 72.9 Å². The molecule has 2 heterocycles. The van der Waals surface area contributed by atoms with Gasteiger partial charge in [-0.05, 0) is 42.8 Å². The maximum absolute atomic E-state index is 12.1. The fourth-order valence-electron chi connectivity index (χ4n) is 4.76. The number of carboxylic acids is 1. The summed E-state index contributed by atoms with van der Waals surface area (Å²) < 4.78 is 0. The minimum absolute atomic E-state index is 0.258. The monoisotopic (exact) mass is 493 g/mol. The van der Waals surface area contributed by atoms with Crippen molar-refractivity contribution in [3.05, 3.63) is 78.0 Å². The van der Waals surface area contributed by atoms with E-state index in [0.29, 0.717) is 17.6 Å². The summed E-state index contributed by atoms with van der Waals surface area (Å²) in [4.78, 5) is 28.4. The fourth-order valence-corrected chi connectivity index (χ4v) is 4.76. The summed E-state index contributed by atoms with van der Waals surface area (Å²) in [6.07, 6.45) is 0.712. The van der Waals surface area contributed by atoms with Gasteiger partial charge in [0.05, 0.1) is 17.0 Å². The van der Waals surface area contributed by atoms with Crippen molar-refractivity contribution >= 4 is 28.2 Å². The molecular weight excluding hydrogens is 462 g/mol. The standard InChI is InChI=1S/C30H31N5O2/c1-6-23-26(25-22(30(36)37)8-7-9-24(25)31-23)29-32-27(18-10-14-20(15-11-18)34(2)3)28(33-29)19-12-16-21(17-13-19)35(4)5/h7-17,31H,6H2,1-5H3,(H,32,33)(H,36,37). The Bertz CT molecular complexity index is 1510. The van der Waals surface area contributed by atoms with Gasteiger partial charge in [0.25, 0.3) is 0 Å². The van der Waals surface area contributed by atoms with E-state index in [2.05, 4.69) is 75.2 Å². The molecule has 0 amide bonds. The molecule has 0 atom stereocenters. The maximum Gasteiger partial charge on any atom is 0.336 e. The molecule has 2 aromatic heterocycles. The quantitative estimate of drug-likeness (QED) is 0.248. The number of fused-ring (bicyclic) bond motifs is 1. The van der Waals surface area contributed by atoms with Gasteiger partial charge in [0.1, 0.15) is 5.82 Å². The number of hydrogen-bond acceptors (Lipinski definition) is 4. The second kappa shape index (κ2) is 9.50. The number of hydrogen-bond donors (Lipinski definition) is 3. The minimum atomic E-state index is -0.959. The number of carbonyl (C=O) groups is 1. The molecule has 0 aliphatic carbocycles. The van der Waals surface area contributed by atoms with Crippen LogP contribution in [0.5, 0.6) is 0 Å². The van der Waals surface area contributed by atoms with Gasteiger partial charge in [-0.3, -0.25) is 0 Å². The van der Waals surface area contributed by atoms with E-state index in [9.17, 15) is 9.90 Å². The highest BCUT2D eigenvalue weighted by molar-refractivity contribution is 6.10. The number of rotatable bonds is 7. The fraction of sp³-hybridized carbons (Fsp3) is 0.200. The van der Waals surface area contributed by atoms with Gasteiger partial charge in [-0.2, -0.15) is 0 Å². The lowest BCUT2D eigenvalue weighted by molar-refractivity contribution is 0.0699. The van der Waals surface area contributed by atoms with Gasteiger partial charge in [0.2, 0.25) is 0 Å². The van der Waals surface area contributed by atoms with Crippen LogP contribution in [0.3, 0.4) is 0 Å². The van der Waals surface area contributed by atoms with E-state index in [1.165, 1.54) is 0 Å². The number of aromatic nitrogens is 3. The third-order valence-corrected chi connectivity index (χ3v) is 6.76. The number of anilines is 2. The van der Waals surface area contributed by atoms with Crippen LogP contribution < -0.4 is 9.80 Å². The van der Waals surface area contributed by atoms with E-state index < -0.39 is 5.97 Å². The Labute approximate surface area is 216 Å². The molecule has 0 radical (unpaired) electrons. The maximum atomic E-state index is 12.1. The molecule has 0 fully saturated rings. The van der Waals surface area contributed by atoms with Crippen LogP contribution in [0.1, 0.15) is 23.0 Å². The summed E-state index contributed by atoms with van der Waals surface area (Å²) in [7, 11) is 8.07. The Morgan fingerprint density at radius 2 is 1.43 bits per heavy atom. The second-order valence-corrected chi connectivity index (χ2v) is 9.56. The van der Waals surface area contributed by atoms with Gasteiger partial charge < -0.3 is 24.9 Å². The molecule has 0 saturated carbocycles. The van der Waals surface area contributed by atoms with Crippen molar-refractivity contribution in [3.8, 4) is 33.9 Å². The molecule has 0 spiro atoms. The number of aromatic carboxylic acids is 1. The van der Waals surface area contributed by atoms with Crippen molar-refractivity contribution in [2.24, 2.45) is 0 Å². The molecule has 37 heavy (non-hydrogen) atoms. The van der Waals surface area contributed by atoms with Gasteiger partial charge >= 0.3 is 5.97 Å². The number of carboxylic acid groups (broad SMARTS) is 1. The largest absolute Gasteiger partial charge is 0.478 e. The smallest absolute Gasteiger partial charge is 0.336 e. The highest BCUT2D eigenvalue weighted by atomic mass is 16.4. The van der Waals surface area contributed by atoms with Crippen molar-refractivity contribution in [2.45, 2.75) is 13.3 Å². The minimum Gasteiger partial charge on any atom is -0.478 e. The van der Waals surface area contributed by atoms with Gasteiger partial charge in [-0.15, -0.1) is 0 Å². The second-order valence-electron chi connectivity index (χ2n) is 9.56. The zero-order valence-corrected chi connectivity index (χ0v) is 21.8. The summed E-state index contributed by atoms with van der Waals surface area (Å²) in [5.41, 5.74) is 8.71. The first-order valence-electron chi connectivity index (χ1n) is 12.3. The zero-order valence-electron chi connectivity index (χ0n) is 21.8. The van der Waals surface area contributed by atoms with Crippen molar-refractivity contribution in [3.63, 3.8) is 0 Å². The average Bonchev–Trinajstić information content (AvgIpc) is 3.50. The molecular formula is C30H31N5O2. The van der Waals surface area contributed by atoms with E-state index >= 15 is 0 Å². The van der Waals surface area contributed by atoms with Crippen molar-refractivity contribution in [1.82, 2.24) is 15.0 Å². The molecule has 5 rings (SSSR count). The van der Waals surface area contributed by atoms with E-state index in [4.69, 9.17) is 4.98 Å². The third-order valence-electron chi connectivity index (χ3n) is 6.76. The molecule has 0 saturated heterocycles. The number of nitrogens with one attached hydrogen (secondary N) is 2. The number of imidazole rings is 1. The Kier molecular flexibility index (Phi) is 6.21. The molecule has 0 aliphatic heterocycles. The topological polar surface area (TPSA) is 88.2 Å². The molecule has 0 unspecified atom stereocenters. The Morgan fingerprint density at radius 1 is 0.838 bits per heavy atom. The summed E-state index contributed by atoms with van der Waals surface area (Å²) in [5, 5.41) is 10.6. The summed E-state index contributed by atoms with van der Waals surface area (Å²) in [5.74, 6) is -0.311. The molecule has 188 valence electrons. The predicted molar refractivity (Wildman–Crippen MR) is 152 cm³/mol. The Morgan fingerprint density at radius 3 is 1.97 bits per heavy atom. The van der Waals surface area contributed by atoms with Gasteiger partial charge in [0.15, 0.2) is 0 Å². The average molecular weight is 494 g/mol. The van der Waals surface area contributed by atoms with Gasteiger partial charge in [-0.1, -0.05) is 37.3 Å². The van der Waals surface area contributed by atoms with E-state index in [-0.39, 0.29) is 5.56 Å². The molecule has 0 aliphatic rings. The van der Waals surface area contributed by atoms with Crippen LogP contribution >= 0.6 is 0 Å². The first kappa shape index (κ1) is 24.2. The van der Waals surface area contributed by atoms with Crippen LogP contribution in [0, 0.1) is 0 Å². The van der Waals surface area contributed by atoms with E-state index in [1.54, 1.807) is 12.1 Å². The first-order chi connectivity index (χ1) is 17.8. The highest BCUT2D eigenvalue weighted by Gasteiger charge is 2.23. The SMILES string of the molecule is CCc1[nH]c2cccc(C(=O)O)c2c1-c1nc(-c2ccc(N(C)C)cc2)c(-c2ccc(N(C)C)cc2)[nH]1. The van der Waals surface area contributed by atoms with Crippen LogP contribution in [0.25, 0.3) is 44.8 Å². The predicted octanol–water partition coefficient (Wildman–Crippen LogP) is 6.28. The van der Waals surface area contributed by atoms with E-state index in [0.717, 1.165) is 50.7 Å². The normalized spacial score (nSPS) is 11.2. The Hall–Kier alpha value is -4.52. The number of aryl methyl sites for hydroxylation is 1. The van der Waals surface area contributed by atoms with E-state index in [1.807, 2.05) is 34.3 Å². The van der Waals surface area contributed by atoms with Gasteiger partial charge in [-0.25, -0.2) is 9.78 Å². The van der Waals surface area contributed by atoms with Crippen LogP contribution in [0.15, 0.2) is 66.7 Å². The van der Waals surface area contributed by atoms with Crippen LogP contribution in [-0.2, 0) is 6.42 Å². The van der Waals surface area contributed by atoms with Crippen LogP contribution in [0.4, 0.5) is 11.4 Å². The molecule has 3 aromatic carbocycles. The van der Waals surface area contributed by atoms with Crippen molar-refractivity contribution in [2.75, 3.05) is 38.0 Å². The number of benzene rings is 3. The zero-order chi connectivity index (χ0) is 26.3. The lowest BCUT2D eigenvalue weighted by Crippen LogP contribution is -2.08. The third kappa shape index (κ3) is 4.33. The summed E-state index contributed by atoms with van der Waals surface area (Å²) in [6.45, 7) is 2.05. The number of aromatic amines is 2. The number of H-pyrrole nitrogens is 2. The van der Waals surface area contributed by atoms with Crippen molar-refractivity contribution < 1.29 is 9.90 Å². The Balaban J connectivity index is 1.76. The summed E-state index contributed by atoms with van der Waals surface area (Å²) in [6, 6.07) is 22.0. The van der Waals surface area contributed by atoms with Crippen LogP contribution in [0.2, 0.25) is 0 Å². The molecule has 7 nitrogen and oxygen atoms in total. The first-order valence-corrected chi connectivity index (χ1v) is 12.3. The molecule has 3 N–H and O–H groups in total. The lowest BCUT2D eigenvalue weighted by atomic mass is 10.0. The molecule has 5 aromatic rings. The number of nitrogens with zero attached hydrogens (tertiary/aromatic N) is 3. The molecule has 7 heteroatoms. The van der Waals surface area contributed by atoms with Crippen molar-refractivity contribution in [1.29, 1.82) is 0 Å². The van der Waals surface area contributed by atoms with Crippen LogP contribution in [-0.4, -0.2) is 54.2 Å².